The van der Waals surface area contributed by atoms with Gasteiger partial charge < -0.3 is 15.2 Å². The van der Waals surface area contributed by atoms with Crippen LogP contribution in [0.1, 0.15) is 51.4 Å². The smallest absolute Gasteiger partial charge is 0.220 e. The van der Waals surface area contributed by atoms with Gasteiger partial charge in [-0.25, -0.2) is 0 Å². The zero-order valence-corrected chi connectivity index (χ0v) is 10.4. The first-order valence-corrected chi connectivity index (χ1v) is 6.79. The Morgan fingerprint density at radius 2 is 2.12 bits per heavy atom. The maximum atomic E-state index is 11.6. The lowest BCUT2D eigenvalue weighted by molar-refractivity contribution is -0.122. The standard InChI is InChI=1S/C13H23NO3/c15-12(6-5-11-4-3-9-17-11)14-10-13(16)7-1-2-8-13/h11,16H,1-10H2,(H,14,15). The van der Waals surface area contributed by atoms with Crippen LogP contribution in [0.25, 0.3) is 0 Å². The Kier molecular flexibility index (Phi) is 4.40. The van der Waals surface area contributed by atoms with Gasteiger partial charge in [-0.1, -0.05) is 12.8 Å². The molecular weight excluding hydrogens is 218 g/mol. The fraction of sp³-hybridized carbons (Fsp3) is 0.923. The van der Waals surface area contributed by atoms with Crippen molar-refractivity contribution in [2.45, 2.75) is 63.1 Å². The van der Waals surface area contributed by atoms with E-state index in [1.54, 1.807) is 0 Å². The van der Waals surface area contributed by atoms with Gasteiger partial charge in [0.1, 0.15) is 0 Å². The average Bonchev–Trinajstić information content (AvgIpc) is 2.95. The van der Waals surface area contributed by atoms with E-state index in [0.717, 1.165) is 51.6 Å². The Morgan fingerprint density at radius 3 is 2.76 bits per heavy atom. The molecule has 2 aliphatic rings. The monoisotopic (exact) mass is 241 g/mol. The highest BCUT2D eigenvalue weighted by Crippen LogP contribution is 2.28. The average molecular weight is 241 g/mol. The number of hydrogen-bond donors (Lipinski definition) is 2. The van der Waals surface area contributed by atoms with Gasteiger partial charge in [0.05, 0.1) is 11.7 Å². The molecule has 1 atom stereocenters. The molecule has 0 aromatic carbocycles. The van der Waals surface area contributed by atoms with E-state index in [2.05, 4.69) is 5.32 Å². The van der Waals surface area contributed by atoms with Crippen LogP contribution < -0.4 is 5.32 Å². The number of hydrogen-bond acceptors (Lipinski definition) is 3. The summed E-state index contributed by atoms with van der Waals surface area (Å²) in [5.74, 6) is 0.0424. The highest BCUT2D eigenvalue weighted by atomic mass is 16.5. The molecule has 1 saturated carbocycles. The largest absolute Gasteiger partial charge is 0.388 e. The highest BCUT2D eigenvalue weighted by molar-refractivity contribution is 5.75. The van der Waals surface area contributed by atoms with E-state index in [4.69, 9.17) is 4.74 Å². The first-order valence-electron chi connectivity index (χ1n) is 6.79. The summed E-state index contributed by atoms with van der Waals surface area (Å²) in [6, 6.07) is 0. The summed E-state index contributed by atoms with van der Waals surface area (Å²) in [5, 5.41) is 12.9. The van der Waals surface area contributed by atoms with Gasteiger partial charge in [-0.2, -0.15) is 0 Å². The second-order valence-corrected chi connectivity index (χ2v) is 5.38. The van der Waals surface area contributed by atoms with Crippen LogP contribution in [0.3, 0.4) is 0 Å². The van der Waals surface area contributed by atoms with Crippen LogP contribution in [0.2, 0.25) is 0 Å². The third kappa shape index (κ3) is 3.96. The summed E-state index contributed by atoms with van der Waals surface area (Å²) in [6.07, 6.45) is 7.58. The molecule has 98 valence electrons. The Morgan fingerprint density at radius 1 is 1.35 bits per heavy atom. The second-order valence-electron chi connectivity index (χ2n) is 5.38. The molecule has 1 amide bonds. The van der Waals surface area contributed by atoms with Crippen molar-refractivity contribution in [3.8, 4) is 0 Å². The first-order chi connectivity index (χ1) is 8.18. The topological polar surface area (TPSA) is 58.6 Å². The number of aliphatic hydroxyl groups is 1. The zero-order chi connectivity index (χ0) is 12.1. The van der Waals surface area contributed by atoms with Crippen molar-refractivity contribution in [1.82, 2.24) is 5.32 Å². The molecule has 4 heteroatoms. The molecule has 1 unspecified atom stereocenters. The fourth-order valence-electron chi connectivity index (χ4n) is 2.73. The molecule has 2 rings (SSSR count). The van der Waals surface area contributed by atoms with Crippen LogP contribution in [-0.4, -0.2) is 35.9 Å². The molecule has 0 aromatic heterocycles. The number of carbonyl (C=O) groups excluding carboxylic acids is 1. The van der Waals surface area contributed by atoms with Gasteiger partial charge in [0.15, 0.2) is 0 Å². The third-order valence-electron chi connectivity index (χ3n) is 3.87. The first kappa shape index (κ1) is 12.8. The molecule has 2 N–H and O–H groups in total. The number of nitrogens with one attached hydrogen (secondary N) is 1. The molecular formula is C13H23NO3. The van der Waals surface area contributed by atoms with Crippen molar-refractivity contribution >= 4 is 5.91 Å². The summed E-state index contributed by atoms with van der Waals surface area (Å²) in [4.78, 5) is 11.6. The second kappa shape index (κ2) is 5.83. The number of amides is 1. The van der Waals surface area contributed by atoms with Gasteiger partial charge in [0, 0.05) is 19.6 Å². The minimum absolute atomic E-state index is 0.0424. The van der Waals surface area contributed by atoms with Crippen LogP contribution in [0, 0.1) is 0 Å². The Hall–Kier alpha value is -0.610. The summed E-state index contributed by atoms with van der Waals surface area (Å²) in [5.41, 5.74) is -0.639. The Labute approximate surface area is 103 Å². The van der Waals surface area contributed by atoms with Gasteiger partial charge in [0.25, 0.3) is 0 Å². The van der Waals surface area contributed by atoms with Crippen LogP contribution in [0.15, 0.2) is 0 Å². The van der Waals surface area contributed by atoms with Crippen molar-refractivity contribution in [3.05, 3.63) is 0 Å². The minimum atomic E-state index is -0.639. The van der Waals surface area contributed by atoms with E-state index in [0.29, 0.717) is 13.0 Å². The lowest BCUT2D eigenvalue weighted by Gasteiger charge is -2.22. The fourth-order valence-corrected chi connectivity index (χ4v) is 2.73. The van der Waals surface area contributed by atoms with E-state index in [1.807, 2.05) is 0 Å². The summed E-state index contributed by atoms with van der Waals surface area (Å²) in [6.45, 7) is 1.25. The third-order valence-corrected chi connectivity index (χ3v) is 3.87. The summed E-state index contributed by atoms with van der Waals surface area (Å²) < 4.78 is 5.47. The van der Waals surface area contributed by atoms with Crippen molar-refractivity contribution in [2.24, 2.45) is 0 Å². The molecule has 4 nitrogen and oxygen atoms in total. The van der Waals surface area contributed by atoms with E-state index < -0.39 is 5.60 Å². The van der Waals surface area contributed by atoms with Crippen LogP contribution in [0.5, 0.6) is 0 Å². The van der Waals surface area contributed by atoms with E-state index >= 15 is 0 Å². The molecule has 1 heterocycles. The van der Waals surface area contributed by atoms with Gasteiger partial charge in [0.2, 0.25) is 5.91 Å². The Bertz CT molecular complexity index is 255. The van der Waals surface area contributed by atoms with Crippen LogP contribution in [-0.2, 0) is 9.53 Å². The number of carbonyl (C=O) groups is 1. The van der Waals surface area contributed by atoms with Gasteiger partial charge in [-0.3, -0.25) is 4.79 Å². The molecule has 0 spiro atoms. The minimum Gasteiger partial charge on any atom is -0.388 e. The molecule has 1 aliphatic carbocycles. The van der Waals surface area contributed by atoms with Gasteiger partial charge >= 0.3 is 0 Å². The lowest BCUT2D eigenvalue weighted by Crippen LogP contribution is -2.40. The lowest BCUT2D eigenvalue weighted by atomic mass is 10.0. The van der Waals surface area contributed by atoms with E-state index in [9.17, 15) is 9.90 Å². The predicted octanol–water partition coefficient (Wildman–Crippen LogP) is 1.37. The summed E-state index contributed by atoms with van der Waals surface area (Å²) in [7, 11) is 0. The van der Waals surface area contributed by atoms with Crippen molar-refractivity contribution in [1.29, 1.82) is 0 Å². The Balaban J connectivity index is 1.60. The van der Waals surface area contributed by atoms with Gasteiger partial charge in [-0.05, 0) is 32.1 Å². The van der Waals surface area contributed by atoms with E-state index in [-0.39, 0.29) is 12.0 Å². The number of ether oxygens (including phenoxy) is 1. The van der Waals surface area contributed by atoms with Crippen molar-refractivity contribution < 1.29 is 14.6 Å². The molecule has 1 saturated heterocycles. The molecule has 1 aliphatic heterocycles. The SMILES string of the molecule is O=C(CCC1CCCO1)NCC1(O)CCCC1. The molecule has 0 aromatic rings. The maximum Gasteiger partial charge on any atom is 0.220 e. The van der Waals surface area contributed by atoms with Gasteiger partial charge in [-0.15, -0.1) is 0 Å². The molecule has 0 bridgehead atoms. The quantitative estimate of drug-likeness (QED) is 0.764. The summed E-state index contributed by atoms with van der Waals surface area (Å²) >= 11 is 0. The van der Waals surface area contributed by atoms with Crippen molar-refractivity contribution in [2.75, 3.05) is 13.2 Å². The van der Waals surface area contributed by atoms with Crippen molar-refractivity contribution in [3.63, 3.8) is 0 Å². The van der Waals surface area contributed by atoms with E-state index in [1.165, 1.54) is 0 Å². The zero-order valence-electron chi connectivity index (χ0n) is 10.4. The maximum absolute atomic E-state index is 11.6. The number of rotatable bonds is 5. The predicted molar refractivity (Wildman–Crippen MR) is 64.6 cm³/mol. The molecule has 2 fully saturated rings. The van der Waals surface area contributed by atoms with Crippen LogP contribution in [0.4, 0.5) is 0 Å². The van der Waals surface area contributed by atoms with Crippen LogP contribution >= 0.6 is 0 Å². The normalized spacial score (nSPS) is 27.2. The highest BCUT2D eigenvalue weighted by Gasteiger charge is 2.31. The molecule has 0 radical (unpaired) electrons. The molecule has 17 heavy (non-hydrogen) atoms.